The molecule has 2 saturated heterocycles. The lowest BCUT2D eigenvalue weighted by molar-refractivity contribution is -0.123. The van der Waals surface area contributed by atoms with Crippen LogP contribution in [0, 0.1) is 5.92 Å². The number of carbonyl (C=O) groups excluding carboxylic acids is 2. The van der Waals surface area contributed by atoms with Gasteiger partial charge in [-0.1, -0.05) is 19.3 Å². The number of imide groups is 1. The number of hydrogen-bond acceptors (Lipinski definition) is 5. The SMILES string of the molecule is COc1cc(N2CCCC2)ccc1/C=C1/SC(=O)N(CC2CCCCC2)C1=O. The number of amides is 2. The third kappa shape index (κ3) is 4.07. The van der Waals surface area contributed by atoms with Crippen LogP contribution in [0.2, 0.25) is 0 Å². The first kappa shape index (κ1) is 19.4. The van der Waals surface area contributed by atoms with Crippen molar-refractivity contribution in [1.29, 1.82) is 0 Å². The number of methoxy groups -OCH3 is 1. The minimum Gasteiger partial charge on any atom is -0.496 e. The van der Waals surface area contributed by atoms with E-state index in [0.717, 1.165) is 54.7 Å². The molecule has 1 aromatic rings. The molecule has 0 bridgehead atoms. The molecule has 0 aromatic heterocycles. The Morgan fingerprint density at radius 1 is 1.11 bits per heavy atom. The van der Waals surface area contributed by atoms with Gasteiger partial charge in [-0.3, -0.25) is 14.5 Å². The molecule has 2 aliphatic heterocycles. The number of benzene rings is 1. The molecule has 0 radical (unpaired) electrons. The molecule has 3 aliphatic rings. The molecule has 6 heteroatoms. The quantitative estimate of drug-likeness (QED) is 0.657. The lowest BCUT2D eigenvalue weighted by Crippen LogP contribution is -2.34. The van der Waals surface area contributed by atoms with E-state index in [1.165, 1.54) is 37.0 Å². The maximum absolute atomic E-state index is 12.8. The number of anilines is 1. The summed E-state index contributed by atoms with van der Waals surface area (Å²) in [4.78, 5) is 29.6. The van der Waals surface area contributed by atoms with Gasteiger partial charge in [0.1, 0.15) is 5.75 Å². The van der Waals surface area contributed by atoms with Crippen LogP contribution in [0.3, 0.4) is 0 Å². The second-order valence-electron chi connectivity index (χ2n) is 7.92. The monoisotopic (exact) mass is 400 g/mol. The van der Waals surface area contributed by atoms with E-state index < -0.39 is 0 Å². The molecule has 1 aliphatic carbocycles. The molecule has 0 unspecified atom stereocenters. The molecule has 1 saturated carbocycles. The van der Waals surface area contributed by atoms with Crippen molar-refractivity contribution in [2.75, 3.05) is 31.6 Å². The Labute approximate surface area is 171 Å². The van der Waals surface area contributed by atoms with E-state index in [4.69, 9.17) is 4.74 Å². The van der Waals surface area contributed by atoms with E-state index in [9.17, 15) is 9.59 Å². The highest BCUT2D eigenvalue weighted by Crippen LogP contribution is 2.37. The topological polar surface area (TPSA) is 49.9 Å². The number of hydrogen-bond donors (Lipinski definition) is 0. The van der Waals surface area contributed by atoms with Gasteiger partial charge in [0, 0.05) is 37.0 Å². The number of carbonyl (C=O) groups is 2. The summed E-state index contributed by atoms with van der Waals surface area (Å²) >= 11 is 1.05. The third-order valence-corrected chi connectivity index (χ3v) is 6.92. The standard InChI is InChI=1S/C22H28N2O3S/c1-27-19-14-18(23-11-5-6-12-23)10-9-17(19)13-20-21(25)24(22(26)28-20)15-16-7-3-2-4-8-16/h9-10,13-14,16H,2-8,11-12,15H2,1H3/b20-13+. The summed E-state index contributed by atoms with van der Waals surface area (Å²) in [6.07, 6.45) is 10.2. The number of rotatable bonds is 5. The highest BCUT2D eigenvalue weighted by atomic mass is 32.2. The summed E-state index contributed by atoms with van der Waals surface area (Å²) in [5.41, 5.74) is 1.99. The van der Waals surface area contributed by atoms with Crippen molar-refractivity contribution >= 4 is 34.7 Å². The summed E-state index contributed by atoms with van der Waals surface area (Å²) in [5.74, 6) is 1.03. The van der Waals surface area contributed by atoms with E-state index >= 15 is 0 Å². The van der Waals surface area contributed by atoms with Crippen molar-refractivity contribution in [2.24, 2.45) is 5.92 Å². The first-order valence-corrected chi connectivity index (χ1v) is 11.2. The van der Waals surface area contributed by atoms with E-state index in [0.29, 0.717) is 17.4 Å². The van der Waals surface area contributed by atoms with Gasteiger partial charge in [-0.15, -0.1) is 0 Å². The van der Waals surface area contributed by atoms with Crippen LogP contribution in [0.25, 0.3) is 6.08 Å². The minimum absolute atomic E-state index is 0.144. The fourth-order valence-corrected chi connectivity index (χ4v) is 5.26. The average molecular weight is 401 g/mol. The molecule has 2 heterocycles. The van der Waals surface area contributed by atoms with E-state index in [2.05, 4.69) is 11.0 Å². The summed E-state index contributed by atoms with van der Waals surface area (Å²) in [5, 5.41) is -0.144. The lowest BCUT2D eigenvalue weighted by Gasteiger charge is -2.25. The second-order valence-corrected chi connectivity index (χ2v) is 8.91. The molecule has 150 valence electrons. The smallest absolute Gasteiger partial charge is 0.293 e. The number of nitrogens with zero attached hydrogens (tertiary/aromatic N) is 2. The van der Waals surface area contributed by atoms with Gasteiger partial charge in [0.25, 0.3) is 11.1 Å². The van der Waals surface area contributed by atoms with Crippen molar-refractivity contribution in [3.05, 3.63) is 28.7 Å². The van der Waals surface area contributed by atoms with Gasteiger partial charge >= 0.3 is 0 Å². The maximum Gasteiger partial charge on any atom is 0.293 e. The normalized spacial score (nSPS) is 22.5. The molecule has 5 nitrogen and oxygen atoms in total. The van der Waals surface area contributed by atoms with Gasteiger partial charge in [0.2, 0.25) is 0 Å². The Morgan fingerprint density at radius 2 is 1.86 bits per heavy atom. The van der Waals surface area contributed by atoms with Crippen LogP contribution >= 0.6 is 11.8 Å². The van der Waals surface area contributed by atoms with Gasteiger partial charge in [-0.2, -0.15) is 0 Å². The van der Waals surface area contributed by atoms with Crippen molar-refractivity contribution in [1.82, 2.24) is 4.90 Å². The van der Waals surface area contributed by atoms with Crippen molar-refractivity contribution < 1.29 is 14.3 Å². The second kappa shape index (κ2) is 8.60. The predicted molar refractivity (Wildman–Crippen MR) is 114 cm³/mol. The Morgan fingerprint density at radius 3 is 2.57 bits per heavy atom. The molecule has 0 N–H and O–H groups in total. The van der Waals surface area contributed by atoms with Crippen LogP contribution in [0.15, 0.2) is 23.1 Å². The fourth-order valence-electron chi connectivity index (χ4n) is 4.42. The van der Waals surface area contributed by atoms with Crippen LogP contribution < -0.4 is 9.64 Å². The third-order valence-electron chi connectivity index (χ3n) is 6.01. The molecule has 3 fully saturated rings. The molecule has 2 amide bonds. The molecule has 1 aromatic carbocycles. The minimum atomic E-state index is -0.161. The van der Waals surface area contributed by atoms with Crippen LogP contribution in [-0.2, 0) is 4.79 Å². The Kier molecular flexibility index (Phi) is 5.95. The molecular formula is C22H28N2O3S. The molecule has 0 atom stereocenters. The van der Waals surface area contributed by atoms with Crippen molar-refractivity contribution in [3.8, 4) is 5.75 Å². The van der Waals surface area contributed by atoms with E-state index in [1.807, 2.05) is 12.1 Å². The van der Waals surface area contributed by atoms with Gasteiger partial charge in [-0.05, 0) is 61.6 Å². The van der Waals surface area contributed by atoms with Crippen LogP contribution in [0.1, 0.15) is 50.5 Å². The Hall–Kier alpha value is -1.95. The molecule has 28 heavy (non-hydrogen) atoms. The first-order valence-electron chi connectivity index (χ1n) is 10.3. The predicted octanol–water partition coefficient (Wildman–Crippen LogP) is 4.91. The van der Waals surface area contributed by atoms with Gasteiger partial charge in [0.05, 0.1) is 12.0 Å². The maximum atomic E-state index is 12.8. The zero-order valence-electron chi connectivity index (χ0n) is 16.5. The summed E-state index contributed by atoms with van der Waals surface area (Å²) < 4.78 is 5.58. The Bertz CT molecular complexity index is 780. The van der Waals surface area contributed by atoms with Gasteiger partial charge < -0.3 is 9.64 Å². The molecular weight excluding hydrogens is 372 g/mol. The zero-order valence-corrected chi connectivity index (χ0v) is 17.3. The molecule has 0 spiro atoms. The first-order chi connectivity index (χ1) is 13.7. The largest absolute Gasteiger partial charge is 0.496 e. The van der Waals surface area contributed by atoms with Crippen LogP contribution in [0.5, 0.6) is 5.75 Å². The van der Waals surface area contributed by atoms with E-state index in [-0.39, 0.29) is 11.1 Å². The highest BCUT2D eigenvalue weighted by molar-refractivity contribution is 8.18. The van der Waals surface area contributed by atoms with Gasteiger partial charge in [-0.25, -0.2) is 0 Å². The highest BCUT2D eigenvalue weighted by Gasteiger charge is 2.36. The fraction of sp³-hybridized carbons (Fsp3) is 0.545. The van der Waals surface area contributed by atoms with E-state index in [1.54, 1.807) is 13.2 Å². The van der Waals surface area contributed by atoms with Crippen molar-refractivity contribution in [2.45, 2.75) is 44.9 Å². The summed E-state index contributed by atoms with van der Waals surface area (Å²) in [6.45, 7) is 2.71. The number of thioether (sulfide) groups is 1. The summed E-state index contributed by atoms with van der Waals surface area (Å²) in [6, 6.07) is 6.09. The summed E-state index contributed by atoms with van der Waals surface area (Å²) in [7, 11) is 1.65. The zero-order chi connectivity index (χ0) is 19.5. The van der Waals surface area contributed by atoms with Gasteiger partial charge in [0.15, 0.2) is 0 Å². The number of ether oxygens (including phenoxy) is 1. The molecule has 4 rings (SSSR count). The lowest BCUT2D eigenvalue weighted by atomic mass is 9.89. The van der Waals surface area contributed by atoms with Crippen molar-refractivity contribution in [3.63, 3.8) is 0 Å². The van der Waals surface area contributed by atoms with Crippen LogP contribution in [-0.4, -0.2) is 42.8 Å². The van der Waals surface area contributed by atoms with Crippen LogP contribution in [0.4, 0.5) is 10.5 Å². The average Bonchev–Trinajstić information content (AvgIpc) is 3.34. The Balaban J connectivity index is 1.51.